The van der Waals surface area contributed by atoms with E-state index < -0.39 is 22.8 Å². The van der Waals surface area contributed by atoms with E-state index in [0.29, 0.717) is 11.3 Å². The number of anilines is 2. The lowest BCUT2D eigenvalue weighted by molar-refractivity contribution is -0.137. The highest BCUT2D eigenvalue weighted by Gasteiger charge is 2.33. The molecule has 2 N–H and O–H groups in total. The standard InChI is InChI=1S/C19H12ClF3N6O/c20-15-6-3-12(7-14(15)19(21,22)23)28-18(30)27-11-1-4-13(5-2-11)29-10-26-17-16(29)8-24-9-25-17/h1-10H,(H2,27,28,30). The molecule has 0 radical (unpaired) electrons. The minimum atomic E-state index is -4.62. The Morgan fingerprint density at radius 2 is 1.70 bits per heavy atom. The van der Waals surface area contributed by atoms with Gasteiger partial charge in [0.15, 0.2) is 5.65 Å². The molecule has 0 bridgehead atoms. The molecule has 0 saturated carbocycles. The molecule has 7 nitrogen and oxygen atoms in total. The topological polar surface area (TPSA) is 84.7 Å². The molecule has 0 aliphatic rings. The SMILES string of the molecule is O=C(Nc1ccc(-n2cnc3ncncc32)cc1)Nc1ccc(Cl)c(C(F)(F)F)c1. The van der Waals surface area contributed by atoms with Crippen molar-refractivity contribution < 1.29 is 18.0 Å². The van der Waals surface area contributed by atoms with Crippen molar-refractivity contribution in [2.45, 2.75) is 6.18 Å². The van der Waals surface area contributed by atoms with E-state index in [1.54, 1.807) is 41.4 Å². The van der Waals surface area contributed by atoms with Gasteiger partial charge in [-0.15, -0.1) is 0 Å². The first-order valence-electron chi connectivity index (χ1n) is 8.49. The molecule has 0 saturated heterocycles. The van der Waals surface area contributed by atoms with Crippen LogP contribution < -0.4 is 10.6 Å². The highest BCUT2D eigenvalue weighted by molar-refractivity contribution is 6.31. The van der Waals surface area contributed by atoms with Gasteiger partial charge in [-0.1, -0.05) is 11.6 Å². The summed E-state index contributed by atoms with van der Waals surface area (Å²) in [5, 5.41) is 4.47. The molecule has 2 heterocycles. The fraction of sp³-hybridized carbons (Fsp3) is 0.0526. The fourth-order valence-electron chi connectivity index (χ4n) is 2.78. The summed E-state index contributed by atoms with van der Waals surface area (Å²) < 4.78 is 40.6. The molecule has 4 rings (SSSR count). The second kappa shape index (κ2) is 7.64. The first kappa shape index (κ1) is 19.6. The monoisotopic (exact) mass is 432 g/mol. The molecular weight excluding hydrogens is 421 g/mol. The molecule has 0 fully saturated rings. The van der Waals surface area contributed by atoms with Crippen molar-refractivity contribution in [3.63, 3.8) is 0 Å². The Kier molecular flexibility index (Phi) is 5.00. The van der Waals surface area contributed by atoms with E-state index in [1.807, 2.05) is 0 Å². The van der Waals surface area contributed by atoms with Gasteiger partial charge in [-0.3, -0.25) is 4.57 Å². The second-order valence-corrected chi connectivity index (χ2v) is 6.57. The van der Waals surface area contributed by atoms with Crippen molar-refractivity contribution in [1.82, 2.24) is 19.5 Å². The first-order valence-corrected chi connectivity index (χ1v) is 8.87. The summed E-state index contributed by atoms with van der Waals surface area (Å²) in [4.78, 5) is 24.4. The first-order chi connectivity index (χ1) is 14.3. The fourth-order valence-corrected chi connectivity index (χ4v) is 3.01. The number of alkyl halides is 3. The summed E-state index contributed by atoms with van der Waals surface area (Å²) in [5.74, 6) is 0. The van der Waals surface area contributed by atoms with E-state index in [4.69, 9.17) is 11.6 Å². The maximum Gasteiger partial charge on any atom is 0.417 e. The molecule has 152 valence electrons. The predicted octanol–water partition coefficient (Wildman–Crippen LogP) is 5.13. The van der Waals surface area contributed by atoms with Crippen molar-refractivity contribution in [3.8, 4) is 5.69 Å². The largest absolute Gasteiger partial charge is 0.417 e. The summed E-state index contributed by atoms with van der Waals surface area (Å²) in [6.45, 7) is 0. The smallest absolute Gasteiger partial charge is 0.308 e. The van der Waals surface area contributed by atoms with Crippen LogP contribution >= 0.6 is 11.6 Å². The molecule has 0 aliphatic carbocycles. The zero-order valence-electron chi connectivity index (χ0n) is 15.0. The summed E-state index contributed by atoms with van der Waals surface area (Å²) in [6.07, 6.45) is 0.0246. The number of imidazole rings is 1. The van der Waals surface area contributed by atoms with Gasteiger partial charge in [0.25, 0.3) is 0 Å². The van der Waals surface area contributed by atoms with Gasteiger partial charge < -0.3 is 10.6 Å². The maximum absolute atomic E-state index is 12.9. The van der Waals surface area contributed by atoms with Crippen LogP contribution in [0, 0.1) is 0 Å². The second-order valence-electron chi connectivity index (χ2n) is 6.16. The lowest BCUT2D eigenvalue weighted by Crippen LogP contribution is -2.20. The minimum absolute atomic E-state index is 0.0364. The molecule has 2 aromatic carbocycles. The Bertz CT molecular complexity index is 1220. The number of benzene rings is 2. The number of aromatic nitrogens is 4. The van der Waals surface area contributed by atoms with Crippen molar-refractivity contribution >= 4 is 40.2 Å². The molecular formula is C19H12ClF3N6O. The van der Waals surface area contributed by atoms with Gasteiger partial charge >= 0.3 is 12.2 Å². The number of urea groups is 1. The van der Waals surface area contributed by atoms with Crippen molar-refractivity contribution in [3.05, 3.63) is 71.9 Å². The average Bonchev–Trinajstić information content (AvgIpc) is 3.13. The summed E-state index contributed by atoms with van der Waals surface area (Å²) >= 11 is 5.58. The number of amides is 2. The minimum Gasteiger partial charge on any atom is -0.308 e. The Balaban J connectivity index is 1.47. The number of nitrogens with one attached hydrogen (secondary N) is 2. The number of hydrogen-bond donors (Lipinski definition) is 2. The molecule has 0 spiro atoms. The Morgan fingerprint density at radius 3 is 2.43 bits per heavy atom. The molecule has 0 aliphatic heterocycles. The molecule has 4 aromatic rings. The van der Waals surface area contributed by atoms with Gasteiger partial charge in [0.2, 0.25) is 0 Å². The van der Waals surface area contributed by atoms with Crippen LogP contribution in [0.5, 0.6) is 0 Å². The Morgan fingerprint density at radius 1 is 1.00 bits per heavy atom. The van der Waals surface area contributed by atoms with Crippen LogP contribution in [0.4, 0.5) is 29.3 Å². The third kappa shape index (κ3) is 4.03. The number of fused-ring (bicyclic) bond motifs is 1. The van der Waals surface area contributed by atoms with Crippen LogP contribution in [0.2, 0.25) is 5.02 Å². The van der Waals surface area contributed by atoms with Gasteiger partial charge in [-0.2, -0.15) is 13.2 Å². The maximum atomic E-state index is 12.9. The lowest BCUT2D eigenvalue weighted by atomic mass is 10.2. The summed E-state index contributed by atoms with van der Waals surface area (Å²) in [5.41, 5.74) is 1.42. The molecule has 2 amide bonds. The number of nitrogens with zero attached hydrogens (tertiary/aromatic N) is 4. The Labute approximate surface area is 172 Å². The highest BCUT2D eigenvalue weighted by atomic mass is 35.5. The number of halogens is 4. The van der Waals surface area contributed by atoms with Gasteiger partial charge in [-0.05, 0) is 42.5 Å². The summed E-state index contributed by atoms with van der Waals surface area (Å²) in [7, 11) is 0. The van der Waals surface area contributed by atoms with Crippen LogP contribution in [0.1, 0.15) is 5.56 Å². The average molecular weight is 433 g/mol. The number of carbonyl (C=O) groups excluding carboxylic acids is 1. The predicted molar refractivity (Wildman–Crippen MR) is 106 cm³/mol. The molecule has 0 atom stereocenters. The molecule has 0 unspecified atom stereocenters. The molecule has 30 heavy (non-hydrogen) atoms. The zero-order chi connectivity index (χ0) is 21.3. The van der Waals surface area contributed by atoms with Crippen molar-refractivity contribution in [2.75, 3.05) is 10.6 Å². The highest BCUT2D eigenvalue weighted by Crippen LogP contribution is 2.36. The normalized spacial score (nSPS) is 11.5. The van der Waals surface area contributed by atoms with Gasteiger partial charge in [0, 0.05) is 17.1 Å². The van der Waals surface area contributed by atoms with Crippen molar-refractivity contribution in [2.24, 2.45) is 0 Å². The van der Waals surface area contributed by atoms with Gasteiger partial charge in [0.1, 0.15) is 18.2 Å². The van der Waals surface area contributed by atoms with E-state index in [9.17, 15) is 18.0 Å². The molecule has 11 heteroatoms. The zero-order valence-corrected chi connectivity index (χ0v) is 15.7. The van der Waals surface area contributed by atoms with Crippen LogP contribution in [-0.4, -0.2) is 25.6 Å². The van der Waals surface area contributed by atoms with Gasteiger partial charge in [-0.25, -0.2) is 19.7 Å². The molecule has 2 aromatic heterocycles. The van der Waals surface area contributed by atoms with Gasteiger partial charge in [0.05, 0.1) is 16.8 Å². The quantitative estimate of drug-likeness (QED) is 0.470. The van der Waals surface area contributed by atoms with Crippen molar-refractivity contribution in [1.29, 1.82) is 0 Å². The third-order valence-corrected chi connectivity index (χ3v) is 4.49. The summed E-state index contributed by atoms with van der Waals surface area (Å²) in [6, 6.07) is 9.22. The lowest BCUT2D eigenvalue weighted by Gasteiger charge is -2.12. The van der Waals surface area contributed by atoms with Crippen LogP contribution in [0.25, 0.3) is 16.9 Å². The third-order valence-electron chi connectivity index (χ3n) is 4.16. The number of carbonyl (C=O) groups is 1. The van der Waals surface area contributed by atoms with E-state index in [-0.39, 0.29) is 5.69 Å². The number of rotatable bonds is 3. The van der Waals surface area contributed by atoms with E-state index in [1.165, 1.54) is 12.4 Å². The van der Waals surface area contributed by atoms with E-state index >= 15 is 0 Å². The van der Waals surface area contributed by atoms with E-state index in [2.05, 4.69) is 25.6 Å². The Hall–Kier alpha value is -3.66. The van der Waals surface area contributed by atoms with E-state index in [0.717, 1.165) is 23.3 Å². The number of hydrogen-bond acceptors (Lipinski definition) is 4. The van der Waals surface area contributed by atoms with Crippen LogP contribution in [0.15, 0.2) is 61.3 Å². The van der Waals surface area contributed by atoms with Crippen LogP contribution in [-0.2, 0) is 6.18 Å². The van der Waals surface area contributed by atoms with Crippen LogP contribution in [0.3, 0.4) is 0 Å².